The number of hydrogen-bond acceptors (Lipinski definition) is 3. The number of thioether (sulfide) groups is 1. The van der Waals surface area contributed by atoms with Gasteiger partial charge in [0.15, 0.2) is 0 Å². The Hall–Kier alpha value is -0.740. The smallest absolute Gasteiger partial charge is 0.122 e. The van der Waals surface area contributed by atoms with E-state index in [9.17, 15) is 0 Å². The van der Waals surface area contributed by atoms with Crippen LogP contribution in [0.1, 0.15) is 0 Å². The van der Waals surface area contributed by atoms with Gasteiger partial charge in [-0.2, -0.15) is 5.10 Å². The van der Waals surface area contributed by atoms with Crippen molar-refractivity contribution in [1.82, 2.24) is 14.6 Å². The highest BCUT2D eigenvalue weighted by atomic mass is 35.5. The number of halogens is 1. The molecule has 0 unspecified atom stereocenters. The van der Waals surface area contributed by atoms with E-state index in [1.807, 2.05) is 16.8 Å². The molecular formula is C8H8ClN3S. The summed E-state index contributed by atoms with van der Waals surface area (Å²) in [6.45, 7) is 0. The second kappa shape index (κ2) is 3.98. The van der Waals surface area contributed by atoms with Crippen molar-refractivity contribution in [2.45, 2.75) is 5.03 Å². The molecule has 2 heterocycles. The first-order chi connectivity index (χ1) is 6.42. The van der Waals surface area contributed by atoms with Crippen LogP contribution in [0.25, 0.3) is 5.52 Å². The van der Waals surface area contributed by atoms with Crippen LogP contribution in [0.2, 0.25) is 0 Å². The Labute approximate surface area is 85.1 Å². The summed E-state index contributed by atoms with van der Waals surface area (Å²) in [5, 5.41) is 5.10. The SMILES string of the molecule is ClCCSc1nccn2nccc12. The molecular weight excluding hydrogens is 206 g/mol. The Bertz CT molecular complexity index is 401. The lowest BCUT2D eigenvalue weighted by atomic mass is 10.5. The summed E-state index contributed by atoms with van der Waals surface area (Å²) in [6.07, 6.45) is 5.35. The third-order valence-corrected chi connectivity index (χ3v) is 3.01. The quantitative estimate of drug-likeness (QED) is 0.578. The average molecular weight is 214 g/mol. The normalized spacial score (nSPS) is 10.8. The van der Waals surface area contributed by atoms with Gasteiger partial charge < -0.3 is 0 Å². The zero-order chi connectivity index (χ0) is 9.10. The second-order valence-electron chi connectivity index (χ2n) is 2.43. The first-order valence-corrected chi connectivity index (χ1v) is 5.41. The zero-order valence-electron chi connectivity index (χ0n) is 6.85. The highest BCUT2D eigenvalue weighted by molar-refractivity contribution is 7.99. The fourth-order valence-electron chi connectivity index (χ4n) is 1.08. The molecule has 0 bridgehead atoms. The molecule has 0 saturated heterocycles. The Balaban J connectivity index is 2.37. The average Bonchev–Trinajstić information content (AvgIpc) is 2.62. The molecule has 68 valence electrons. The summed E-state index contributed by atoms with van der Waals surface area (Å²) < 4.78 is 1.81. The van der Waals surface area contributed by atoms with Crippen LogP contribution >= 0.6 is 23.4 Å². The molecule has 0 aromatic carbocycles. The molecule has 2 aromatic rings. The Morgan fingerprint density at radius 2 is 2.38 bits per heavy atom. The van der Waals surface area contributed by atoms with Crippen LogP contribution in [0, 0.1) is 0 Å². The topological polar surface area (TPSA) is 30.2 Å². The van der Waals surface area contributed by atoms with Crippen LogP contribution in [0.15, 0.2) is 29.7 Å². The van der Waals surface area contributed by atoms with Crippen LogP contribution in [0.5, 0.6) is 0 Å². The van der Waals surface area contributed by atoms with E-state index in [2.05, 4.69) is 10.1 Å². The van der Waals surface area contributed by atoms with Gasteiger partial charge in [-0.05, 0) is 6.07 Å². The monoisotopic (exact) mass is 213 g/mol. The van der Waals surface area contributed by atoms with Crippen LogP contribution in [0.3, 0.4) is 0 Å². The number of nitrogens with zero attached hydrogens (tertiary/aromatic N) is 3. The number of fused-ring (bicyclic) bond motifs is 1. The van der Waals surface area contributed by atoms with E-state index in [0.29, 0.717) is 5.88 Å². The standard InChI is InChI=1S/C8H8ClN3S/c9-2-6-13-8-7-1-3-11-12(7)5-4-10-8/h1,3-5H,2,6H2. The molecule has 5 heteroatoms. The van der Waals surface area contributed by atoms with Crippen molar-refractivity contribution in [2.24, 2.45) is 0 Å². The summed E-state index contributed by atoms with van der Waals surface area (Å²) >= 11 is 7.26. The van der Waals surface area contributed by atoms with Gasteiger partial charge in [0.2, 0.25) is 0 Å². The fraction of sp³-hybridized carbons (Fsp3) is 0.250. The molecule has 0 amide bonds. The van der Waals surface area contributed by atoms with Crippen LogP contribution in [-0.2, 0) is 0 Å². The molecule has 0 spiro atoms. The van der Waals surface area contributed by atoms with E-state index in [4.69, 9.17) is 11.6 Å². The molecule has 0 atom stereocenters. The molecule has 0 N–H and O–H groups in total. The van der Waals surface area contributed by atoms with Crippen molar-refractivity contribution in [3.63, 3.8) is 0 Å². The van der Waals surface area contributed by atoms with E-state index >= 15 is 0 Å². The fourth-order valence-corrected chi connectivity index (χ4v) is 2.03. The van der Waals surface area contributed by atoms with Gasteiger partial charge in [0.25, 0.3) is 0 Å². The number of aromatic nitrogens is 3. The van der Waals surface area contributed by atoms with Gasteiger partial charge in [-0.1, -0.05) is 0 Å². The maximum atomic E-state index is 5.61. The molecule has 0 radical (unpaired) electrons. The summed E-state index contributed by atoms with van der Waals surface area (Å²) in [5.41, 5.74) is 1.04. The highest BCUT2D eigenvalue weighted by Gasteiger charge is 2.02. The van der Waals surface area contributed by atoms with E-state index < -0.39 is 0 Å². The van der Waals surface area contributed by atoms with Gasteiger partial charge in [-0.3, -0.25) is 0 Å². The predicted octanol–water partition coefficient (Wildman–Crippen LogP) is 2.06. The highest BCUT2D eigenvalue weighted by Crippen LogP contribution is 2.20. The largest absolute Gasteiger partial charge is 0.246 e. The van der Waals surface area contributed by atoms with Gasteiger partial charge in [0, 0.05) is 24.0 Å². The number of hydrogen-bond donors (Lipinski definition) is 0. The third-order valence-electron chi connectivity index (χ3n) is 1.61. The molecule has 2 rings (SSSR count). The molecule has 0 aliphatic heterocycles. The van der Waals surface area contributed by atoms with Crippen molar-refractivity contribution in [3.8, 4) is 0 Å². The van der Waals surface area contributed by atoms with Crippen molar-refractivity contribution in [2.75, 3.05) is 11.6 Å². The molecule has 0 fully saturated rings. The predicted molar refractivity (Wildman–Crippen MR) is 54.4 cm³/mol. The summed E-state index contributed by atoms with van der Waals surface area (Å²) in [7, 11) is 0. The van der Waals surface area contributed by atoms with Crippen LogP contribution in [0.4, 0.5) is 0 Å². The van der Waals surface area contributed by atoms with E-state index in [0.717, 1.165) is 16.3 Å². The summed E-state index contributed by atoms with van der Waals surface area (Å²) in [5.74, 6) is 1.51. The van der Waals surface area contributed by atoms with Gasteiger partial charge in [0.1, 0.15) is 5.03 Å². The molecule has 13 heavy (non-hydrogen) atoms. The van der Waals surface area contributed by atoms with E-state index in [-0.39, 0.29) is 0 Å². The number of alkyl halides is 1. The maximum Gasteiger partial charge on any atom is 0.122 e. The lowest BCUT2D eigenvalue weighted by Gasteiger charge is -1.99. The van der Waals surface area contributed by atoms with Crippen molar-refractivity contribution < 1.29 is 0 Å². The lowest BCUT2D eigenvalue weighted by Crippen LogP contribution is -1.91. The summed E-state index contributed by atoms with van der Waals surface area (Å²) in [6, 6.07) is 1.95. The summed E-state index contributed by atoms with van der Waals surface area (Å²) in [4.78, 5) is 4.26. The Kier molecular flexibility index (Phi) is 2.71. The van der Waals surface area contributed by atoms with E-state index in [1.54, 1.807) is 24.2 Å². The zero-order valence-corrected chi connectivity index (χ0v) is 8.42. The lowest BCUT2D eigenvalue weighted by molar-refractivity contribution is 0.917. The first-order valence-electron chi connectivity index (χ1n) is 3.89. The van der Waals surface area contributed by atoms with Crippen molar-refractivity contribution in [3.05, 3.63) is 24.7 Å². The molecule has 0 saturated carbocycles. The minimum atomic E-state index is 0.640. The number of rotatable bonds is 3. The van der Waals surface area contributed by atoms with Crippen LogP contribution in [-0.4, -0.2) is 26.2 Å². The van der Waals surface area contributed by atoms with Gasteiger partial charge >= 0.3 is 0 Å². The van der Waals surface area contributed by atoms with Crippen LogP contribution < -0.4 is 0 Å². The third kappa shape index (κ3) is 1.78. The second-order valence-corrected chi connectivity index (χ2v) is 3.89. The Morgan fingerprint density at radius 1 is 1.46 bits per heavy atom. The van der Waals surface area contributed by atoms with Crippen molar-refractivity contribution >= 4 is 28.9 Å². The Morgan fingerprint density at radius 3 is 3.23 bits per heavy atom. The van der Waals surface area contributed by atoms with Gasteiger partial charge in [-0.25, -0.2) is 9.50 Å². The minimum absolute atomic E-state index is 0.640. The minimum Gasteiger partial charge on any atom is -0.246 e. The molecule has 0 aliphatic rings. The molecule has 3 nitrogen and oxygen atoms in total. The molecule has 2 aromatic heterocycles. The maximum absolute atomic E-state index is 5.61. The van der Waals surface area contributed by atoms with Gasteiger partial charge in [0.05, 0.1) is 11.7 Å². The van der Waals surface area contributed by atoms with Crippen molar-refractivity contribution in [1.29, 1.82) is 0 Å². The van der Waals surface area contributed by atoms with E-state index in [1.165, 1.54) is 0 Å². The molecule has 0 aliphatic carbocycles. The van der Waals surface area contributed by atoms with Gasteiger partial charge in [-0.15, -0.1) is 23.4 Å². The first kappa shape index (κ1) is 8.84.